The standard InChI is InChI=1S/C28H28N2O5/c31-27(19-35-24-12-5-4-10-22(24)28(32)29-21-8-2-1-3-9-21)30-15-6-11-23(30)20-13-14-25-26(18-20)34-17-7-16-33-25/h1-5,8-10,12-14,18,23H,6-7,11,15-17,19H2,(H,29,32)/t23-/m0/s1. The van der Waals surface area contributed by atoms with E-state index in [1.54, 1.807) is 24.3 Å². The zero-order chi connectivity index (χ0) is 24.0. The van der Waals surface area contributed by atoms with Crippen LogP contribution in [0.2, 0.25) is 0 Å². The third-order valence-electron chi connectivity index (χ3n) is 6.24. The van der Waals surface area contributed by atoms with Gasteiger partial charge in [0.05, 0.1) is 24.8 Å². The highest BCUT2D eigenvalue weighted by Gasteiger charge is 2.31. The third-order valence-corrected chi connectivity index (χ3v) is 6.24. The summed E-state index contributed by atoms with van der Waals surface area (Å²) in [6.45, 7) is 1.78. The lowest BCUT2D eigenvalue weighted by molar-refractivity contribution is -0.134. The molecule has 0 bridgehead atoms. The Morgan fingerprint density at radius 2 is 1.69 bits per heavy atom. The van der Waals surface area contributed by atoms with Gasteiger partial charge in [0.2, 0.25) is 0 Å². The summed E-state index contributed by atoms with van der Waals surface area (Å²) in [6.07, 6.45) is 2.64. The van der Waals surface area contributed by atoms with E-state index in [0.717, 1.165) is 36.3 Å². The first-order valence-corrected chi connectivity index (χ1v) is 12.0. The maximum atomic E-state index is 13.2. The normalized spacial score (nSPS) is 16.9. The van der Waals surface area contributed by atoms with Gasteiger partial charge in [-0.15, -0.1) is 0 Å². The molecule has 2 aliphatic heterocycles. The van der Waals surface area contributed by atoms with E-state index in [0.29, 0.717) is 36.8 Å². The molecule has 7 nitrogen and oxygen atoms in total. The van der Waals surface area contributed by atoms with Crippen LogP contribution in [0.25, 0.3) is 0 Å². The Hall–Kier alpha value is -4.00. The lowest BCUT2D eigenvalue weighted by Gasteiger charge is -2.26. The number of hydrogen-bond acceptors (Lipinski definition) is 5. The molecular formula is C28H28N2O5. The summed E-state index contributed by atoms with van der Waals surface area (Å²) in [6, 6.07) is 22.1. The molecule has 1 N–H and O–H groups in total. The predicted molar refractivity (Wildman–Crippen MR) is 132 cm³/mol. The van der Waals surface area contributed by atoms with Crippen molar-refractivity contribution in [1.82, 2.24) is 4.90 Å². The predicted octanol–water partition coefficient (Wildman–Crippen LogP) is 4.84. The minimum absolute atomic E-state index is 0.0418. The van der Waals surface area contributed by atoms with Crippen LogP contribution < -0.4 is 19.5 Å². The molecule has 3 aromatic rings. The maximum Gasteiger partial charge on any atom is 0.261 e. The van der Waals surface area contributed by atoms with Crippen molar-refractivity contribution in [3.8, 4) is 17.2 Å². The minimum Gasteiger partial charge on any atom is -0.490 e. The molecule has 3 aromatic carbocycles. The second-order valence-corrected chi connectivity index (χ2v) is 8.61. The van der Waals surface area contributed by atoms with Crippen molar-refractivity contribution in [2.75, 3.05) is 31.7 Å². The lowest BCUT2D eigenvalue weighted by atomic mass is 10.0. The second-order valence-electron chi connectivity index (χ2n) is 8.61. The zero-order valence-electron chi connectivity index (χ0n) is 19.4. The van der Waals surface area contributed by atoms with Crippen molar-refractivity contribution in [1.29, 1.82) is 0 Å². The molecule has 0 spiro atoms. The summed E-state index contributed by atoms with van der Waals surface area (Å²) in [5.41, 5.74) is 2.10. The van der Waals surface area contributed by atoms with Crippen molar-refractivity contribution >= 4 is 17.5 Å². The number of benzene rings is 3. The first-order valence-electron chi connectivity index (χ1n) is 12.0. The van der Waals surface area contributed by atoms with Crippen molar-refractivity contribution in [3.63, 3.8) is 0 Å². The zero-order valence-corrected chi connectivity index (χ0v) is 19.4. The van der Waals surface area contributed by atoms with Crippen LogP contribution in [0.4, 0.5) is 5.69 Å². The van der Waals surface area contributed by atoms with Crippen molar-refractivity contribution < 1.29 is 23.8 Å². The van der Waals surface area contributed by atoms with Gasteiger partial charge in [-0.1, -0.05) is 36.4 Å². The first-order chi connectivity index (χ1) is 17.2. The summed E-state index contributed by atoms with van der Waals surface area (Å²) >= 11 is 0. The summed E-state index contributed by atoms with van der Waals surface area (Å²) in [4.78, 5) is 27.8. The fourth-order valence-corrected chi connectivity index (χ4v) is 4.52. The maximum absolute atomic E-state index is 13.2. The van der Waals surface area contributed by atoms with Gasteiger partial charge in [0.1, 0.15) is 5.75 Å². The number of para-hydroxylation sites is 2. The van der Waals surface area contributed by atoms with E-state index in [9.17, 15) is 9.59 Å². The van der Waals surface area contributed by atoms with Gasteiger partial charge in [0, 0.05) is 18.7 Å². The van der Waals surface area contributed by atoms with Gasteiger partial charge in [0.15, 0.2) is 18.1 Å². The molecule has 35 heavy (non-hydrogen) atoms. The van der Waals surface area contributed by atoms with E-state index >= 15 is 0 Å². The number of anilines is 1. The molecule has 2 amide bonds. The van der Waals surface area contributed by atoms with Crippen LogP contribution in [0.15, 0.2) is 72.8 Å². The van der Waals surface area contributed by atoms with E-state index in [4.69, 9.17) is 14.2 Å². The smallest absolute Gasteiger partial charge is 0.261 e. The van der Waals surface area contributed by atoms with Crippen LogP contribution in [0, 0.1) is 0 Å². The first kappa shape index (κ1) is 22.8. The number of rotatable bonds is 6. The van der Waals surface area contributed by atoms with Gasteiger partial charge < -0.3 is 24.4 Å². The average molecular weight is 473 g/mol. The van der Waals surface area contributed by atoms with Crippen LogP contribution in [0.5, 0.6) is 17.2 Å². The fourth-order valence-electron chi connectivity index (χ4n) is 4.52. The SMILES string of the molecule is O=C(Nc1ccccc1)c1ccccc1OCC(=O)N1CCC[C@H]1c1ccc2c(c1)OCCCO2. The number of ether oxygens (including phenoxy) is 3. The van der Waals surface area contributed by atoms with Gasteiger partial charge >= 0.3 is 0 Å². The minimum atomic E-state index is -0.287. The number of carbonyl (C=O) groups is 2. The second kappa shape index (κ2) is 10.5. The molecule has 7 heteroatoms. The average Bonchev–Trinajstić information content (AvgIpc) is 3.27. The number of nitrogens with zero attached hydrogens (tertiary/aromatic N) is 1. The summed E-state index contributed by atoms with van der Waals surface area (Å²) < 4.78 is 17.4. The van der Waals surface area contributed by atoms with Crippen LogP contribution in [-0.2, 0) is 4.79 Å². The highest BCUT2D eigenvalue weighted by Crippen LogP contribution is 2.38. The number of amides is 2. The Balaban J connectivity index is 1.26. The van der Waals surface area contributed by atoms with E-state index < -0.39 is 0 Å². The molecule has 0 aliphatic carbocycles. The molecule has 5 rings (SSSR count). The number of nitrogens with one attached hydrogen (secondary N) is 1. The molecule has 1 saturated heterocycles. The quantitative estimate of drug-likeness (QED) is 0.555. The highest BCUT2D eigenvalue weighted by atomic mass is 16.5. The van der Waals surface area contributed by atoms with Crippen molar-refractivity contribution in [2.45, 2.75) is 25.3 Å². The Bertz CT molecular complexity index is 1200. The molecule has 180 valence electrons. The number of hydrogen-bond donors (Lipinski definition) is 1. The molecule has 0 aromatic heterocycles. The number of likely N-dealkylation sites (tertiary alicyclic amines) is 1. The molecule has 0 unspecified atom stereocenters. The van der Waals surface area contributed by atoms with Crippen molar-refractivity contribution in [3.05, 3.63) is 83.9 Å². The van der Waals surface area contributed by atoms with Crippen LogP contribution in [-0.4, -0.2) is 43.1 Å². The molecule has 0 radical (unpaired) electrons. The lowest BCUT2D eigenvalue weighted by Crippen LogP contribution is -2.34. The molecule has 1 fully saturated rings. The Morgan fingerprint density at radius 3 is 2.54 bits per heavy atom. The van der Waals surface area contributed by atoms with Gasteiger partial charge in [-0.05, 0) is 54.8 Å². The van der Waals surface area contributed by atoms with Gasteiger partial charge in [-0.3, -0.25) is 9.59 Å². The number of carbonyl (C=O) groups excluding carboxylic acids is 2. The van der Waals surface area contributed by atoms with Gasteiger partial charge in [-0.2, -0.15) is 0 Å². The van der Waals surface area contributed by atoms with E-state index in [-0.39, 0.29) is 24.5 Å². The summed E-state index contributed by atoms with van der Waals surface area (Å²) in [5.74, 6) is 1.45. The molecule has 1 atom stereocenters. The fraction of sp³-hybridized carbons (Fsp3) is 0.286. The summed E-state index contributed by atoms with van der Waals surface area (Å²) in [5, 5.41) is 2.86. The Morgan fingerprint density at radius 1 is 0.914 bits per heavy atom. The van der Waals surface area contributed by atoms with Gasteiger partial charge in [-0.25, -0.2) is 0 Å². The topological polar surface area (TPSA) is 77.1 Å². The van der Waals surface area contributed by atoms with Crippen LogP contribution >= 0.6 is 0 Å². The molecule has 2 aliphatic rings. The van der Waals surface area contributed by atoms with E-state index in [1.165, 1.54) is 0 Å². The van der Waals surface area contributed by atoms with Crippen molar-refractivity contribution in [2.24, 2.45) is 0 Å². The van der Waals surface area contributed by atoms with E-state index in [2.05, 4.69) is 5.32 Å². The molecule has 2 heterocycles. The third kappa shape index (κ3) is 5.24. The van der Waals surface area contributed by atoms with Gasteiger partial charge in [0.25, 0.3) is 11.8 Å². The molecular weight excluding hydrogens is 444 g/mol. The number of fused-ring (bicyclic) bond motifs is 1. The van der Waals surface area contributed by atoms with E-state index in [1.807, 2.05) is 53.4 Å². The van der Waals surface area contributed by atoms with Crippen LogP contribution in [0.3, 0.4) is 0 Å². The largest absolute Gasteiger partial charge is 0.490 e. The summed E-state index contributed by atoms with van der Waals surface area (Å²) in [7, 11) is 0. The molecule has 0 saturated carbocycles. The Kier molecular flexibility index (Phi) is 6.84. The Labute approximate surface area is 204 Å². The highest BCUT2D eigenvalue weighted by molar-refractivity contribution is 6.06. The monoisotopic (exact) mass is 472 g/mol. The van der Waals surface area contributed by atoms with Crippen LogP contribution in [0.1, 0.15) is 41.2 Å².